The molecular weight excluding hydrogens is 138 g/mol. The molecule has 0 radical (unpaired) electrons. The minimum atomic E-state index is 0.442. The Morgan fingerprint density at radius 1 is 1.64 bits per heavy atom. The molecule has 0 amide bonds. The van der Waals surface area contributed by atoms with Crippen LogP contribution in [0.15, 0.2) is 9.98 Å². The lowest BCUT2D eigenvalue weighted by molar-refractivity contribution is 0.638. The lowest BCUT2D eigenvalue weighted by atomic mass is 10.3. The van der Waals surface area contributed by atoms with Gasteiger partial charge in [-0.1, -0.05) is 6.92 Å². The van der Waals surface area contributed by atoms with Crippen LogP contribution >= 0.6 is 0 Å². The Bertz CT molecular complexity index is 149. The third-order valence-electron chi connectivity index (χ3n) is 1.45. The predicted octanol–water partition coefficient (Wildman–Crippen LogP) is 1.45. The molecule has 0 aliphatic heterocycles. The predicted molar refractivity (Wildman–Crippen MR) is 50.4 cm³/mol. The molecule has 0 aromatic heterocycles. The molecule has 0 rings (SSSR count). The van der Waals surface area contributed by atoms with Crippen molar-refractivity contribution in [1.29, 1.82) is 0 Å². The largest absolute Gasteiger partial charge is 0.352 e. The van der Waals surface area contributed by atoms with Crippen molar-refractivity contribution in [2.24, 2.45) is 9.98 Å². The van der Waals surface area contributed by atoms with Gasteiger partial charge in [-0.15, -0.1) is 0 Å². The maximum absolute atomic E-state index is 4.04. The molecule has 1 N–H and O–H groups in total. The highest BCUT2D eigenvalue weighted by molar-refractivity contribution is 5.87. The van der Waals surface area contributed by atoms with Crippen LogP contribution in [0.5, 0.6) is 0 Å². The zero-order valence-electron chi connectivity index (χ0n) is 7.76. The highest BCUT2D eigenvalue weighted by Gasteiger charge is 1.98. The van der Waals surface area contributed by atoms with Gasteiger partial charge >= 0.3 is 0 Å². The molecule has 0 aromatic rings. The summed E-state index contributed by atoms with van der Waals surface area (Å²) in [6.45, 7) is 6.11. The summed E-state index contributed by atoms with van der Waals surface area (Å²) in [7, 11) is 1.73. The number of nitrogens with zero attached hydrogens (tertiary/aromatic N) is 2. The van der Waals surface area contributed by atoms with E-state index in [1.807, 2.05) is 6.92 Å². The standard InChI is InChI=1S/C8H17N3/c1-5-7(3)11-8(9-4)10-6-2/h6-7H,5H2,1-4H3,(H,9,11). The molecular formula is C8H17N3. The molecule has 64 valence electrons. The van der Waals surface area contributed by atoms with Gasteiger partial charge in [0.15, 0.2) is 0 Å². The fourth-order valence-corrected chi connectivity index (χ4v) is 0.604. The fraction of sp³-hybridized carbons (Fsp3) is 0.750. The van der Waals surface area contributed by atoms with E-state index in [0.29, 0.717) is 12.0 Å². The average molecular weight is 155 g/mol. The Hall–Kier alpha value is -0.860. The van der Waals surface area contributed by atoms with Crippen molar-refractivity contribution < 1.29 is 0 Å². The van der Waals surface area contributed by atoms with Gasteiger partial charge in [0.1, 0.15) is 0 Å². The van der Waals surface area contributed by atoms with Gasteiger partial charge in [0.05, 0.1) is 0 Å². The van der Waals surface area contributed by atoms with Crippen LogP contribution in [0.3, 0.4) is 0 Å². The molecule has 0 aromatic carbocycles. The number of aliphatic imine (C=N–C) groups is 2. The van der Waals surface area contributed by atoms with E-state index >= 15 is 0 Å². The van der Waals surface area contributed by atoms with Crippen molar-refractivity contribution >= 4 is 12.2 Å². The first kappa shape index (κ1) is 10.1. The molecule has 1 unspecified atom stereocenters. The fourth-order valence-electron chi connectivity index (χ4n) is 0.604. The Morgan fingerprint density at radius 3 is 2.64 bits per heavy atom. The van der Waals surface area contributed by atoms with E-state index in [0.717, 1.165) is 6.42 Å². The van der Waals surface area contributed by atoms with Crippen molar-refractivity contribution in [3.8, 4) is 0 Å². The summed E-state index contributed by atoms with van der Waals surface area (Å²) in [4.78, 5) is 8.02. The normalized spacial score (nSPS) is 15.5. The molecule has 3 heteroatoms. The monoisotopic (exact) mass is 155 g/mol. The van der Waals surface area contributed by atoms with Gasteiger partial charge in [-0.05, 0) is 20.3 Å². The molecule has 0 aliphatic rings. The van der Waals surface area contributed by atoms with Gasteiger partial charge in [-0.3, -0.25) is 4.99 Å². The molecule has 0 spiro atoms. The Kier molecular flexibility index (Phi) is 5.43. The Morgan fingerprint density at radius 2 is 2.27 bits per heavy atom. The quantitative estimate of drug-likeness (QED) is 0.475. The molecule has 0 saturated heterocycles. The summed E-state index contributed by atoms with van der Waals surface area (Å²) in [6, 6.07) is 0.442. The summed E-state index contributed by atoms with van der Waals surface area (Å²) < 4.78 is 0. The van der Waals surface area contributed by atoms with Crippen molar-refractivity contribution in [3.05, 3.63) is 0 Å². The van der Waals surface area contributed by atoms with E-state index in [-0.39, 0.29) is 0 Å². The zero-order valence-corrected chi connectivity index (χ0v) is 7.76. The summed E-state index contributed by atoms with van der Waals surface area (Å²) >= 11 is 0. The second kappa shape index (κ2) is 5.89. The van der Waals surface area contributed by atoms with E-state index in [1.54, 1.807) is 13.3 Å². The topological polar surface area (TPSA) is 36.8 Å². The second-order valence-corrected chi connectivity index (χ2v) is 2.39. The van der Waals surface area contributed by atoms with Crippen LogP contribution in [-0.4, -0.2) is 25.3 Å². The molecule has 0 heterocycles. The minimum absolute atomic E-state index is 0.442. The maximum atomic E-state index is 4.04. The maximum Gasteiger partial charge on any atom is 0.217 e. The van der Waals surface area contributed by atoms with Crippen molar-refractivity contribution in [1.82, 2.24) is 5.32 Å². The number of guanidine groups is 1. The van der Waals surface area contributed by atoms with Crippen LogP contribution in [0, 0.1) is 0 Å². The van der Waals surface area contributed by atoms with Gasteiger partial charge in [0.25, 0.3) is 0 Å². The van der Waals surface area contributed by atoms with E-state index in [2.05, 4.69) is 29.1 Å². The molecule has 11 heavy (non-hydrogen) atoms. The Balaban J connectivity index is 3.89. The van der Waals surface area contributed by atoms with Crippen LogP contribution in [0.1, 0.15) is 27.2 Å². The van der Waals surface area contributed by atoms with E-state index in [9.17, 15) is 0 Å². The highest BCUT2D eigenvalue weighted by Crippen LogP contribution is 1.88. The van der Waals surface area contributed by atoms with Gasteiger partial charge < -0.3 is 5.32 Å². The van der Waals surface area contributed by atoms with Crippen LogP contribution in [0.25, 0.3) is 0 Å². The van der Waals surface area contributed by atoms with E-state index in [1.165, 1.54) is 0 Å². The van der Waals surface area contributed by atoms with Crippen LogP contribution in [-0.2, 0) is 0 Å². The van der Waals surface area contributed by atoms with Crippen LogP contribution in [0.4, 0.5) is 0 Å². The third kappa shape index (κ3) is 4.53. The molecule has 0 aliphatic carbocycles. The highest BCUT2D eigenvalue weighted by atomic mass is 15.1. The summed E-state index contributed by atoms with van der Waals surface area (Å²) in [5, 5.41) is 3.17. The number of hydrogen-bond acceptors (Lipinski definition) is 1. The molecule has 1 atom stereocenters. The minimum Gasteiger partial charge on any atom is -0.352 e. The summed E-state index contributed by atoms with van der Waals surface area (Å²) in [5.74, 6) is 0.710. The smallest absolute Gasteiger partial charge is 0.217 e. The van der Waals surface area contributed by atoms with Crippen molar-refractivity contribution in [2.45, 2.75) is 33.2 Å². The summed E-state index contributed by atoms with van der Waals surface area (Å²) in [5.41, 5.74) is 0. The number of rotatable bonds is 2. The van der Waals surface area contributed by atoms with Gasteiger partial charge in [0.2, 0.25) is 5.96 Å². The van der Waals surface area contributed by atoms with E-state index in [4.69, 9.17) is 0 Å². The number of nitrogens with one attached hydrogen (secondary N) is 1. The first-order valence-electron chi connectivity index (χ1n) is 3.96. The van der Waals surface area contributed by atoms with Crippen LogP contribution in [0.2, 0.25) is 0 Å². The lowest BCUT2D eigenvalue weighted by Crippen LogP contribution is -2.30. The molecule has 0 bridgehead atoms. The first-order chi connectivity index (χ1) is 5.24. The number of hydrogen-bond donors (Lipinski definition) is 1. The van der Waals surface area contributed by atoms with E-state index < -0.39 is 0 Å². The van der Waals surface area contributed by atoms with Crippen molar-refractivity contribution in [2.75, 3.05) is 7.05 Å². The Labute approximate surface area is 68.6 Å². The van der Waals surface area contributed by atoms with Gasteiger partial charge in [-0.25, -0.2) is 4.99 Å². The third-order valence-corrected chi connectivity index (χ3v) is 1.45. The molecule has 0 fully saturated rings. The molecule has 0 saturated carbocycles. The SMILES string of the molecule is CC=NC(=NC)NC(C)CC. The first-order valence-corrected chi connectivity index (χ1v) is 3.96. The average Bonchev–Trinajstić information content (AvgIpc) is 2.03. The zero-order chi connectivity index (χ0) is 8.69. The van der Waals surface area contributed by atoms with Crippen LogP contribution < -0.4 is 5.32 Å². The van der Waals surface area contributed by atoms with Gasteiger partial charge in [-0.2, -0.15) is 0 Å². The van der Waals surface area contributed by atoms with Crippen molar-refractivity contribution in [3.63, 3.8) is 0 Å². The lowest BCUT2D eigenvalue weighted by Gasteiger charge is -2.10. The second-order valence-electron chi connectivity index (χ2n) is 2.39. The van der Waals surface area contributed by atoms with Gasteiger partial charge in [0, 0.05) is 19.3 Å². The molecule has 3 nitrogen and oxygen atoms in total. The summed E-state index contributed by atoms with van der Waals surface area (Å²) in [6.07, 6.45) is 2.82.